The van der Waals surface area contributed by atoms with Crippen molar-refractivity contribution in [3.05, 3.63) is 54.1 Å². The fraction of sp³-hybridized carbons (Fsp3) is 0.350. The number of nitrogens with zero attached hydrogens (tertiary/aromatic N) is 1. The van der Waals surface area contributed by atoms with Gasteiger partial charge in [-0.05, 0) is 42.8 Å². The highest BCUT2D eigenvalue weighted by atomic mass is 16.5. The van der Waals surface area contributed by atoms with Crippen LogP contribution in [0.1, 0.15) is 5.56 Å². The molecule has 1 heterocycles. The molecule has 0 saturated carbocycles. The molecule has 0 spiro atoms. The molecule has 2 aromatic rings. The van der Waals surface area contributed by atoms with Crippen LogP contribution in [0.2, 0.25) is 0 Å². The number of anilines is 2. The van der Waals surface area contributed by atoms with Gasteiger partial charge in [0.25, 0.3) is 5.91 Å². The van der Waals surface area contributed by atoms with E-state index in [1.54, 1.807) is 4.90 Å². The van der Waals surface area contributed by atoms with E-state index in [-0.39, 0.29) is 12.5 Å². The first-order chi connectivity index (χ1) is 12.1. The number of para-hydroxylation sites is 1. The molecule has 5 heteroatoms. The van der Waals surface area contributed by atoms with Gasteiger partial charge in [-0.25, -0.2) is 0 Å². The molecule has 2 aromatic carbocycles. The van der Waals surface area contributed by atoms with E-state index in [1.165, 1.54) is 5.69 Å². The maximum Gasteiger partial charge on any atom is 0.262 e. The van der Waals surface area contributed by atoms with Crippen LogP contribution >= 0.6 is 0 Å². The first kappa shape index (κ1) is 17.3. The third-order valence-electron chi connectivity index (χ3n) is 4.59. The highest BCUT2D eigenvalue weighted by molar-refractivity contribution is 5.92. The van der Waals surface area contributed by atoms with E-state index < -0.39 is 0 Å². The van der Waals surface area contributed by atoms with Crippen LogP contribution in [0.4, 0.5) is 11.4 Å². The van der Waals surface area contributed by atoms with Gasteiger partial charge in [0.1, 0.15) is 5.75 Å². The minimum absolute atomic E-state index is 0.00778. The van der Waals surface area contributed by atoms with Crippen molar-refractivity contribution in [2.24, 2.45) is 0 Å². The fourth-order valence-corrected chi connectivity index (χ4v) is 2.96. The molecule has 0 radical (unpaired) electrons. The molecule has 0 unspecified atom stereocenters. The molecule has 25 heavy (non-hydrogen) atoms. The van der Waals surface area contributed by atoms with Crippen LogP contribution in [0.5, 0.6) is 5.75 Å². The van der Waals surface area contributed by atoms with Crippen LogP contribution in [0.3, 0.4) is 0 Å². The quantitative estimate of drug-likeness (QED) is 0.864. The zero-order valence-electron chi connectivity index (χ0n) is 14.9. The predicted molar refractivity (Wildman–Crippen MR) is 101 cm³/mol. The Bertz CT molecular complexity index is 707. The van der Waals surface area contributed by atoms with Gasteiger partial charge in [0.2, 0.25) is 0 Å². The van der Waals surface area contributed by atoms with Crippen molar-refractivity contribution in [1.29, 1.82) is 0 Å². The number of hydrogen-bond donors (Lipinski definition) is 2. The highest BCUT2D eigenvalue weighted by Crippen LogP contribution is 2.19. The molecule has 1 aliphatic rings. The molecule has 0 atom stereocenters. The van der Waals surface area contributed by atoms with Crippen molar-refractivity contribution in [3.63, 3.8) is 0 Å². The number of hydrogen-bond acceptors (Lipinski definition) is 3. The second-order valence-corrected chi connectivity index (χ2v) is 6.59. The average Bonchev–Trinajstić information content (AvgIpc) is 2.62. The number of nitrogens with one attached hydrogen (secondary N) is 2. The van der Waals surface area contributed by atoms with Gasteiger partial charge in [0.05, 0.1) is 33.2 Å². The summed E-state index contributed by atoms with van der Waals surface area (Å²) in [6, 6.07) is 15.7. The van der Waals surface area contributed by atoms with Gasteiger partial charge in [-0.2, -0.15) is 0 Å². The van der Waals surface area contributed by atoms with Crippen molar-refractivity contribution >= 4 is 17.3 Å². The Labute approximate surface area is 149 Å². The van der Waals surface area contributed by atoms with E-state index in [2.05, 4.69) is 29.4 Å². The van der Waals surface area contributed by atoms with Crippen molar-refractivity contribution in [2.75, 3.05) is 50.1 Å². The zero-order valence-corrected chi connectivity index (χ0v) is 14.9. The van der Waals surface area contributed by atoms with E-state index in [0.717, 1.165) is 43.2 Å². The lowest BCUT2D eigenvalue weighted by molar-refractivity contribution is -0.880. The molecule has 0 aliphatic carbocycles. The lowest BCUT2D eigenvalue weighted by Crippen LogP contribution is -3.12. The van der Waals surface area contributed by atoms with Crippen molar-refractivity contribution in [1.82, 2.24) is 0 Å². The maximum absolute atomic E-state index is 12.1. The molecule has 1 amide bonds. The number of rotatable bonds is 5. The van der Waals surface area contributed by atoms with Crippen LogP contribution in [0, 0.1) is 6.92 Å². The third kappa shape index (κ3) is 4.73. The van der Waals surface area contributed by atoms with E-state index >= 15 is 0 Å². The summed E-state index contributed by atoms with van der Waals surface area (Å²) in [5, 5.41) is 2.88. The molecule has 132 valence electrons. The molecule has 5 nitrogen and oxygen atoms in total. The van der Waals surface area contributed by atoms with Crippen LogP contribution in [-0.4, -0.2) is 45.7 Å². The Hall–Kier alpha value is -2.53. The maximum atomic E-state index is 12.1. The topological polar surface area (TPSA) is 46.0 Å². The Morgan fingerprint density at radius 3 is 2.48 bits per heavy atom. The minimum Gasteiger partial charge on any atom is -0.483 e. The smallest absolute Gasteiger partial charge is 0.262 e. The summed E-state index contributed by atoms with van der Waals surface area (Å²) in [6.45, 7) is 6.44. The number of benzene rings is 2. The Morgan fingerprint density at radius 2 is 1.80 bits per heavy atom. The van der Waals surface area contributed by atoms with E-state index in [1.807, 2.05) is 43.3 Å². The van der Waals surface area contributed by atoms with E-state index in [9.17, 15) is 4.79 Å². The zero-order chi connectivity index (χ0) is 17.6. The second-order valence-electron chi connectivity index (χ2n) is 6.59. The number of aryl methyl sites for hydroxylation is 1. The van der Waals surface area contributed by atoms with Gasteiger partial charge in [0, 0.05) is 11.4 Å². The van der Waals surface area contributed by atoms with E-state index in [4.69, 9.17) is 4.74 Å². The fourth-order valence-electron chi connectivity index (χ4n) is 2.96. The summed E-state index contributed by atoms with van der Waals surface area (Å²) in [5.74, 6) is 0.587. The van der Waals surface area contributed by atoms with Gasteiger partial charge in [0.15, 0.2) is 6.61 Å². The lowest BCUT2D eigenvalue weighted by Gasteiger charge is -2.31. The van der Waals surface area contributed by atoms with Crippen molar-refractivity contribution in [2.45, 2.75) is 6.92 Å². The molecule has 3 rings (SSSR count). The van der Waals surface area contributed by atoms with Gasteiger partial charge >= 0.3 is 0 Å². The Morgan fingerprint density at radius 1 is 1.12 bits per heavy atom. The summed E-state index contributed by atoms with van der Waals surface area (Å²) in [7, 11) is 2.23. The summed E-state index contributed by atoms with van der Waals surface area (Å²) in [5.41, 5.74) is 3.03. The second kappa shape index (κ2) is 8.03. The van der Waals surface area contributed by atoms with Gasteiger partial charge in [-0.3, -0.25) is 4.79 Å². The number of likely N-dealkylation sites (N-methyl/N-ethyl adjacent to an activating group) is 1. The lowest BCUT2D eigenvalue weighted by atomic mass is 10.2. The molecule has 1 fully saturated rings. The molecule has 0 aromatic heterocycles. The number of amides is 1. The Balaban J connectivity index is 1.51. The summed E-state index contributed by atoms with van der Waals surface area (Å²) >= 11 is 0. The average molecular weight is 340 g/mol. The normalized spacial score (nSPS) is 15.0. The number of carbonyl (C=O) groups is 1. The van der Waals surface area contributed by atoms with E-state index in [0.29, 0.717) is 0 Å². The molecular formula is C20H26N3O2+. The van der Waals surface area contributed by atoms with Crippen molar-refractivity contribution in [3.8, 4) is 5.75 Å². The molecule has 1 aliphatic heterocycles. The first-order valence-electron chi connectivity index (χ1n) is 8.76. The largest absolute Gasteiger partial charge is 0.483 e. The van der Waals surface area contributed by atoms with Crippen LogP contribution < -0.4 is 19.9 Å². The molecule has 0 bridgehead atoms. The first-order valence-corrected chi connectivity index (χ1v) is 8.76. The number of quaternary nitrogens is 1. The third-order valence-corrected chi connectivity index (χ3v) is 4.59. The monoisotopic (exact) mass is 340 g/mol. The summed E-state index contributed by atoms with van der Waals surface area (Å²) < 4.78 is 5.58. The number of carbonyl (C=O) groups excluding carboxylic acids is 1. The number of piperazine rings is 1. The van der Waals surface area contributed by atoms with Gasteiger partial charge < -0.3 is 19.9 Å². The van der Waals surface area contributed by atoms with Crippen LogP contribution in [-0.2, 0) is 4.79 Å². The standard InChI is InChI=1S/C20H25N3O2/c1-16-5-3-4-6-19(16)25-15-20(24)21-17-7-9-18(10-8-17)23-13-11-22(2)12-14-23/h3-10H,11-15H2,1-2H3,(H,21,24)/p+1. The van der Waals surface area contributed by atoms with Crippen LogP contribution in [0.15, 0.2) is 48.5 Å². The summed E-state index contributed by atoms with van der Waals surface area (Å²) in [6.07, 6.45) is 0. The molecule has 2 N–H and O–H groups in total. The summed E-state index contributed by atoms with van der Waals surface area (Å²) in [4.78, 5) is 16.0. The highest BCUT2D eigenvalue weighted by Gasteiger charge is 2.16. The van der Waals surface area contributed by atoms with Gasteiger partial charge in [-0.15, -0.1) is 0 Å². The molecular weight excluding hydrogens is 314 g/mol. The molecule has 1 saturated heterocycles. The SMILES string of the molecule is Cc1ccccc1OCC(=O)Nc1ccc(N2CC[NH+](C)CC2)cc1. The predicted octanol–water partition coefficient (Wildman–Crippen LogP) is 1.35. The van der Waals surface area contributed by atoms with Crippen LogP contribution in [0.25, 0.3) is 0 Å². The van der Waals surface area contributed by atoms with Crippen molar-refractivity contribution < 1.29 is 14.4 Å². The number of ether oxygens (including phenoxy) is 1. The Kier molecular flexibility index (Phi) is 5.56. The minimum atomic E-state index is -0.154. The van der Waals surface area contributed by atoms with Gasteiger partial charge in [-0.1, -0.05) is 18.2 Å².